The Labute approximate surface area is 132 Å². The maximum atomic E-state index is 10.3. The van der Waals surface area contributed by atoms with Crippen LogP contribution in [-0.2, 0) is 6.42 Å². The molecule has 0 spiro atoms. The summed E-state index contributed by atoms with van der Waals surface area (Å²) in [5, 5.41) is 10.3. The van der Waals surface area contributed by atoms with E-state index in [9.17, 15) is 5.11 Å². The Bertz CT molecular complexity index is 467. The zero-order chi connectivity index (χ0) is 16.1. The predicted molar refractivity (Wildman–Crippen MR) is 86.0 cm³/mol. The van der Waals surface area contributed by atoms with E-state index in [0.717, 1.165) is 38.0 Å². The highest BCUT2D eigenvalue weighted by Crippen LogP contribution is 2.39. The van der Waals surface area contributed by atoms with Crippen LogP contribution in [-0.4, -0.2) is 57.1 Å². The summed E-state index contributed by atoms with van der Waals surface area (Å²) < 4.78 is 16.2. The monoisotopic (exact) mass is 309 g/mol. The lowest BCUT2D eigenvalue weighted by molar-refractivity contribution is 0.0290. The molecule has 1 saturated heterocycles. The van der Waals surface area contributed by atoms with Gasteiger partial charge in [-0.1, -0.05) is 6.92 Å². The SMILES string of the molecule is CCN1CCC(O)C(Cc2cc(OC)c(OC)c(OC)c2)C1. The normalized spacial score (nSPS) is 22.4. The van der Waals surface area contributed by atoms with E-state index in [0.29, 0.717) is 17.2 Å². The summed E-state index contributed by atoms with van der Waals surface area (Å²) >= 11 is 0. The van der Waals surface area contributed by atoms with Crippen LogP contribution in [0.3, 0.4) is 0 Å². The highest BCUT2D eigenvalue weighted by molar-refractivity contribution is 5.53. The lowest BCUT2D eigenvalue weighted by atomic mass is 9.88. The molecule has 0 aromatic heterocycles. The Morgan fingerprint density at radius 1 is 1.14 bits per heavy atom. The second-order valence-electron chi connectivity index (χ2n) is 5.75. The number of likely N-dealkylation sites (tertiary alicyclic amines) is 1. The Balaban J connectivity index is 2.21. The summed E-state index contributed by atoms with van der Waals surface area (Å²) in [4.78, 5) is 2.38. The third-order valence-electron chi connectivity index (χ3n) is 4.45. The quantitative estimate of drug-likeness (QED) is 0.870. The van der Waals surface area contributed by atoms with Crippen molar-refractivity contribution in [1.29, 1.82) is 0 Å². The van der Waals surface area contributed by atoms with Crippen LogP contribution in [0, 0.1) is 5.92 Å². The van der Waals surface area contributed by atoms with E-state index in [1.807, 2.05) is 12.1 Å². The summed E-state index contributed by atoms with van der Waals surface area (Å²) in [7, 11) is 4.84. The van der Waals surface area contributed by atoms with Gasteiger partial charge in [0.1, 0.15) is 0 Å². The minimum Gasteiger partial charge on any atom is -0.493 e. The first-order chi connectivity index (χ1) is 10.6. The molecule has 1 N–H and O–H groups in total. The molecule has 0 bridgehead atoms. The molecule has 2 atom stereocenters. The standard InChI is InChI=1S/C17H27NO4/c1-5-18-7-6-14(19)13(11-18)8-12-9-15(20-2)17(22-4)16(10-12)21-3/h9-10,13-14,19H,5-8,11H2,1-4H3. The molecule has 1 heterocycles. The highest BCUT2D eigenvalue weighted by Gasteiger charge is 2.27. The number of nitrogens with zero attached hydrogens (tertiary/aromatic N) is 1. The molecular formula is C17H27NO4. The van der Waals surface area contributed by atoms with Gasteiger partial charge in [0.15, 0.2) is 11.5 Å². The molecule has 0 amide bonds. The van der Waals surface area contributed by atoms with Gasteiger partial charge in [-0.2, -0.15) is 0 Å². The Kier molecular flexibility index (Phi) is 5.91. The molecule has 1 aliphatic heterocycles. The summed E-state index contributed by atoms with van der Waals surface area (Å²) in [6, 6.07) is 3.94. The van der Waals surface area contributed by atoms with Crippen molar-refractivity contribution in [3.05, 3.63) is 17.7 Å². The third-order valence-corrected chi connectivity index (χ3v) is 4.45. The van der Waals surface area contributed by atoms with Gasteiger partial charge in [-0.15, -0.1) is 0 Å². The molecule has 0 aliphatic carbocycles. The fourth-order valence-corrected chi connectivity index (χ4v) is 3.14. The Morgan fingerprint density at radius 3 is 2.27 bits per heavy atom. The van der Waals surface area contributed by atoms with Gasteiger partial charge in [-0.25, -0.2) is 0 Å². The zero-order valence-electron chi connectivity index (χ0n) is 14.0. The van der Waals surface area contributed by atoms with E-state index in [4.69, 9.17) is 14.2 Å². The van der Waals surface area contributed by atoms with Crippen LogP contribution in [0.4, 0.5) is 0 Å². The van der Waals surface area contributed by atoms with Crippen molar-refractivity contribution in [2.24, 2.45) is 5.92 Å². The lowest BCUT2D eigenvalue weighted by Gasteiger charge is -2.35. The second kappa shape index (κ2) is 7.70. The molecule has 2 rings (SSSR count). The molecule has 2 unspecified atom stereocenters. The van der Waals surface area contributed by atoms with Crippen LogP contribution in [0.2, 0.25) is 0 Å². The van der Waals surface area contributed by atoms with E-state index in [1.165, 1.54) is 0 Å². The first-order valence-corrected chi connectivity index (χ1v) is 7.82. The molecule has 1 aliphatic rings. The number of ether oxygens (including phenoxy) is 3. The molecule has 22 heavy (non-hydrogen) atoms. The van der Waals surface area contributed by atoms with Crippen LogP contribution >= 0.6 is 0 Å². The van der Waals surface area contributed by atoms with Gasteiger partial charge >= 0.3 is 0 Å². The number of piperidine rings is 1. The number of rotatable bonds is 6. The van der Waals surface area contributed by atoms with Crippen molar-refractivity contribution in [1.82, 2.24) is 4.90 Å². The first kappa shape index (κ1) is 16.9. The zero-order valence-corrected chi connectivity index (χ0v) is 14.0. The molecule has 0 saturated carbocycles. The minimum absolute atomic E-state index is 0.233. The van der Waals surface area contributed by atoms with Crippen molar-refractivity contribution in [2.75, 3.05) is 41.0 Å². The van der Waals surface area contributed by atoms with E-state index in [1.54, 1.807) is 21.3 Å². The van der Waals surface area contributed by atoms with Gasteiger partial charge in [0.25, 0.3) is 0 Å². The van der Waals surface area contributed by atoms with Gasteiger partial charge in [0.05, 0.1) is 27.4 Å². The molecule has 0 radical (unpaired) electrons. The molecule has 5 heteroatoms. The summed E-state index contributed by atoms with van der Waals surface area (Å²) in [6.07, 6.45) is 1.39. The van der Waals surface area contributed by atoms with Gasteiger partial charge in [0.2, 0.25) is 5.75 Å². The van der Waals surface area contributed by atoms with Crippen LogP contribution in [0.15, 0.2) is 12.1 Å². The van der Waals surface area contributed by atoms with Crippen LogP contribution in [0.5, 0.6) is 17.2 Å². The Hall–Kier alpha value is -1.46. The van der Waals surface area contributed by atoms with Crippen molar-refractivity contribution >= 4 is 0 Å². The summed E-state index contributed by atoms with van der Waals surface area (Å²) in [6.45, 7) is 5.09. The van der Waals surface area contributed by atoms with Crippen LogP contribution < -0.4 is 14.2 Å². The number of methoxy groups -OCH3 is 3. The second-order valence-corrected chi connectivity index (χ2v) is 5.75. The molecule has 5 nitrogen and oxygen atoms in total. The van der Waals surface area contributed by atoms with Gasteiger partial charge < -0.3 is 24.2 Å². The number of hydrogen-bond acceptors (Lipinski definition) is 5. The molecular weight excluding hydrogens is 282 g/mol. The number of benzene rings is 1. The topological polar surface area (TPSA) is 51.2 Å². The third kappa shape index (κ3) is 3.65. The predicted octanol–water partition coefficient (Wildman–Crippen LogP) is 1.96. The van der Waals surface area contributed by atoms with Crippen molar-refractivity contribution in [2.45, 2.75) is 25.9 Å². The fourth-order valence-electron chi connectivity index (χ4n) is 3.14. The largest absolute Gasteiger partial charge is 0.493 e. The van der Waals surface area contributed by atoms with Crippen LogP contribution in [0.25, 0.3) is 0 Å². The number of aliphatic hydroxyl groups excluding tert-OH is 1. The maximum absolute atomic E-state index is 10.3. The van der Waals surface area contributed by atoms with E-state index >= 15 is 0 Å². The molecule has 1 aromatic rings. The number of aliphatic hydroxyl groups is 1. The van der Waals surface area contributed by atoms with Crippen LogP contribution in [0.1, 0.15) is 18.9 Å². The number of hydrogen-bond donors (Lipinski definition) is 1. The lowest BCUT2D eigenvalue weighted by Crippen LogP contribution is -2.43. The fraction of sp³-hybridized carbons (Fsp3) is 0.647. The molecule has 1 fully saturated rings. The summed E-state index contributed by atoms with van der Waals surface area (Å²) in [5.74, 6) is 2.16. The summed E-state index contributed by atoms with van der Waals surface area (Å²) in [5.41, 5.74) is 1.09. The average Bonchev–Trinajstić information content (AvgIpc) is 2.55. The van der Waals surface area contributed by atoms with Gasteiger partial charge in [0, 0.05) is 19.0 Å². The Morgan fingerprint density at radius 2 is 1.77 bits per heavy atom. The maximum Gasteiger partial charge on any atom is 0.203 e. The van der Waals surface area contributed by atoms with Gasteiger partial charge in [-0.3, -0.25) is 0 Å². The molecule has 1 aromatic carbocycles. The van der Waals surface area contributed by atoms with Crippen molar-refractivity contribution < 1.29 is 19.3 Å². The van der Waals surface area contributed by atoms with Gasteiger partial charge in [-0.05, 0) is 37.1 Å². The minimum atomic E-state index is -0.248. The smallest absolute Gasteiger partial charge is 0.203 e. The van der Waals surface area contributed by atoms with E-state index < -0.39 is 0 Å². The average molecular weight is 309 g/mol. The van der Waals surface area contributed by atoms with Crippen molar-refractivity contribution in [3.8, 4) is 17.2 Å². The molecule has 124 valence electrons. The van der Waals surface area contributed by atoms with E-state index in [2.05, 4.69) is 11.8 Å². The highest BCUT2D eigenvalue weighted by atomic mass is 16.5. The van der Waals surface area contributed by atoms with E-state index in [-0.39, 0.29) is 12.0 Å². The van der Waals surface area contributed by atoms with Crippen molar-refractivity contribution in [3.63, 3.8) is 0 Å². The first-order valence-electron chi connectivity index (χ1n) is 7.82.